The number of alkyl halides is 1. The molecule has 1 amide bonds. The summed E-state index contributed by atoms with van der Waals surface area (Å²) in [6.45, 7) is 0.671. The number of carbonyl (C=O) groups excluding carboxylic acids is 1. The standard InChI is InChI=1S/C25H25BrN2O/c1-27(19-20-11-4-2-5-12-20)28-23-16-9-8-15-22(23)25(24(28)29,17-10-18-26)21-13-6-3-7-14-21/h2-9,11-16H,10,17-19H2,1H3. The maximum Gasteiger partial charge on any atom is 0.256 e. The Morgan fingerprint density at radius 1 is 0.897 bits per heavy atom. The van der Waals surface area contributed by atoms with Crippen molar-refractivity contribution in [3.63, 3.8) is 0 Å². The molecule has 0 spiro atoms. The van der Waals surface area contributed by atoms with Crippen molar-refractivity contribution in [2.45, 2.75) is 24.8 Å². The van der Waals surface area contributed by atoms with Gasteiger partial charge < -0.3 is 0 Å². The Morgan fingerprint density at radius 3 is 2.21 bits per heavy atom. The van der Waals surface area contributed by atoms with E-state index in [4.69, 9.17) is 0 Å². The zero-order valence-corrected chi connectivity index (χ0v) is 18.2. The predicted molar refractivity (Wildman–Crippen MR) is 122 cm³/mol. The van der Waals surface area contributed by atoms with Gasteiger partial charge in [-0.3, -0.25) is 4.79 Å². The minimum absolute atomic E-state index is 0.129. The van der Waals surface area contributed by atoms with Crippen LogP contribution in [-0.4, -0.2) is 23.3 Å². The number of nitrogens with zero attached hydrogens (tertiary/aromatic N) is 2. The SMILES string of the molecule is CN(Cc1ccccc1)N1C(=O)C(CCCBr)(c2ccccc2)c2ccccc21. The summed E-state index contributed by atoms with van der Waals surface area (Å²) < 4.78 is 0. The summed E-state index contributed by atoms with van der Waals surface area (Å²) >= 11 is 3.57. The van der Waals surface area contributed by atoms with Gasteiger partial charge in [0.2, 0.25) is 0 Å². The Balaban J connectivity index is 1.80. The van der Waals surface area contributed by atoms with Gasteiger partial charge in [0.15, 0.2) is 0 Å². The van der Waals surface area contributed by atoms with Crippen molar-refractivity contribution < 1.29 is 4.79 Å². The number of amides is 1. The number of fused-ring (bicyclic) bond motifs is 1. The number of hydrogen-bond acceptors (Lipinski definition) is 2. The maximum atomic E-state index is 14.1. The van der Waals surface area contributed by atoms with Crippen molar-refractivity contribution in [1.82, 2.24) is 5.01 Å². The normalized spacial score (nSPS) is 18.3. The third-order valence-corrected chi connectivity index (χ3v) is 6.26. The Labute approximate surface area is 181 Å². The molecule has 4 heteroatoms. The lowest BCUT2D eigenvalue weighted by molar-refractivity contribution is -0.124. The molecule has 0 saturated heterocycles. The van der Waals surface area contributed by atoms with E-state index in [0.717, 1.165) is 35.0 Å². The summed E-state index contributed by atoms with van der Waals surface area (Å²) in [6.07, 6.45) is 1.69. The highest BCUT2D eigenvalue weighted by atomic mass is 79.9. The van der Waals surface area contributed by atoms with Crippen LogP contribution < -0.4 is 5.01 Å². The van der Waals surface area contributed by atoms with Crippen molar-refractivity contribution in [2.75, 3.05) is 17.4 Å². The molecule has 1 aliphatic heterocycles. The molecule has 3 nitrogen and oxygen atoms in total. The van der Waals surface area contributed by atoms with Crippen molar-refractivity contribution in [3.05, 3.63) is 102 Å². The molecule has 0 aromatic heterocycles. The Bertz CT molecular complexity index is 976. The first-order chi connectivity index (χ1) is 14.2. The van der Waals surface area contributed by atoms with Gasteiger partial charge >= 0.3 is 0 Å². The first kappa shape index (κ1) is 19.9. The average Bonchev–Trinajstić information content (AvgIpc) is 3.02. The first-order valence-corrected chi connectivity index (χ1v) is 11.1. The van der Waals surface area contributed by atoms with Crippen LogP contribution in [-0.2, 0) is 16.8 Å². The number of hydrazine groups is 1. The van der Waals surface area contributed by atoms with E-state index in [9.17, 15) is 4.79 Å². The minimum Gasteiger partial charge on any atom is -0.272 e. The molecule has 3 aromatic carbocycles. The molecule has 0 N–H and O–H groups in total. The van der Waals surface area contributed by atoms with Gasteiger partial charge in [-0.1, -0.05) is 94.8 Å². The first-order valence-electron chi connectivity index (χ1n) is 9.99. The number of carbonyl (C=O) groups is 1. The number of para-hydroxylation sites is 1. The van der Waals surface area contributed by atoms with Gasteiger partial charge in [0.05, 0.1) is 5.69 Å². The quantitative estimate of drug-likeness (QED) is 0.442. The largest absolute Gasteiger partial charge is 0.272 e. The van der Waals surface area contributed by atoms with Crippen molar-refractivity contribution in [3.8, 4) is 0 Å². The molecule has 1 unspecified atom stereocenters. The van der Waals surface area contributed by atoms with E-state index in [2.05, 4.69) is 52.3 Å². The second kappa shape index (κ2) is 8.52. The molecule has 29 heavy (non-hydrogen) atoms. The van der Waals surface area contributed by atoms with Crippen molar-refractivity contribution in [1.29, 1.82) is 0 Å². The number of hydrogen-bond donors (Lipinski definition) is 0. The second-order valence-corrected chi connectivity index (χ2v) is 8.29. The van der Waals surface area contributed by atoms with Crippen LogP contribution >= 0.6 is 15.9 Å². The lowest BCUT2D eigenvalue weighted by Gasteiger charge is -2.33. The van der Waals surface area contributed by atoms with Crippen LogP contribution in [0.3, 0.4) is 0 Å². The molecule has 1 heterocycles. The predicted octanol–water partition coefficient (Wildman–Crippen LogP) is 5.54. The van der Waals surface area contributed by atoms with Crippen LogP contribution in [0.25, 0.3) is 0 Å². The molecule has 4 rings (SSSR count). The fraction of sp³-hybridized carbons (Fsp3) is 0.240. The summed E-state index contributed by atoms with van der Waals surface area (Å²) in [4.78, 5) is 14.1. The molecule has 148 valence electrons. The zero-order valence-electron chi connectivity index (χ0n) is 16.6. The van der Waals surface area contributed by atoms with Crippen LogP contribution in [0, 0.1) is 0 Å². The zero-order chi connectivity index (χ0) is 20.3. The van der Waals surface area contributed by atoms with E-state index < -0.39 is 5.41 Å². The highest BCUT2D eigenvalue weighted by molar-refractivity contribution is 9.09. The molecule has 1 atom stereocenters. The van der Waals surface area contributed by atoms with E-state index in [1.807, 2.05) is 65.6 Å². The molecule has 0 bridgehead atoms. The molecule has 0 fully saturated rings. The van der Waals surface area contributed by atoms with Crippen molar-refractivity contribution in [2.24, 2.45) is 0 Å². The van der Waals surface area contributed by atoms with Crippen LogP contribution in [0.2, 0.25) is 0 Å². The minimum atomic E-state index is -0.656. The van der Waals surface area contributed by atoms with Crippen LogP contribution in [0.15, 0.2) is 84.9 Å². The lowest BCUT2D eigenvalue weighted by Crippen LogP contribution is -2.48. The molecule has 0 radical (unpaired) electrons. The Kier molecular flexibility index (Phi) is 5.84. The van der Waals surface area contributed by atoms with Crippen LogP contribution in [0.4, 0.5) is 5.69 Å². The van der Waals surface area contributed by atoms with Gasteiger partial charge in [-0.15, -0.1) is 0 Å². The summed E-state index contributed by atoms with van der Waals surface area (Å²) in [5.41, 5.74) is 3.66. The topological polar surface area (TPSA) is 23.6 Å². The molecule has 0 aliphatic carbocycles. The van der Waals surface area contributed by atoms with Crippen LogP contribution in [0.1, 0.15) is 29.5 Å². The summed E-state index contributed by atoms with van der Waals surface area (Å²) in [7, 11) is 1.99. The van der Waals surface area contributed by atoms with E-state index in [-0.39, 0.29) is 5.91 Å². The monoisotopic (exact) mass is 448 g/mol. The van der Waals surface area contributed by atoms with Gasteiger partial charge in [0.1, 0.15) is 5.41 Å². The molecule has 3 aromatic rings. The van der Waals surface area contributed by atoms with E-state index in [0.29, 0.717) is 6.54 Å². The summed E-state index contributed by atoms with van der Waals surface area (Å²) in [5, 5.41) is 4.79. The fourth-order valence-electron chi connectivity index (χ4n) is 4.40. The van der Waals surface area contributed by atoms with Gasteiger partial charge in [-0.25, -0.2) is 10.0 Å². The lowest BCUT2D eigenvalue weighted by atomic mass is 9.72. The molecular weight excluding hydrogens is 424 g/mol. The molecule has 1 aliphatic rings. The fourth-order valence-corrected chi connectivity index (χ4v) is 4.68. The van der Waals surface area contributed by atoms with E-state index >= 15 is 0 Å². The van der Waals surface area contributed by atoms with Gasteiger partial charge in [-0.05, 0) is 35.6 Å². The summed E-state index contributed by atoms with van der Waals surface area (Å²) in [5.74, 6) is 0.129. The molecular formula is C25H25BrN2O. The highest BCUT2D eigenvalue weighted by Crippen LogP contribution is 2.49. The number of halogens is 1. The smallest absolute Gasteiger partial charge is 0.256 e. The summed E-state index contributed by atoms with van der Waals surface area (Å²) in [6, 6.07) is 28.7. The second-order valence-electron chi connectivity index (χ2n) is 7.50. The van der Waals surface area contributed by atoms with Gasteiger partial charge in [0, 0.05) is 18.9 Å². The number of benzene rings is 3. The number of anilines is 1. The third kappa shape index (κ3) is 3.52. The molecule has 0 saturated carbocycles. The maximum absolute atomic E-state index is 14.1. The Hall–Kier alpha value is -2.43. The Morgan fingerprint density at radius 2 is 1.52 bits per heavy atom. The van der Waals surface area contributed by atoms with Gasteiger partial charge in [-0.2, -0.15) is 0 Å². The highest BCUT2D eigenvalue weighted by Gasteiger charge is 2.52. The van der Waals surface area contributed by atoms with E-state index in [1.165, 1.54) is 5.56 Å². The van der Waals surface area contributed by atoms with Gasteiger partial charge in [0.25, 0.3) is 5.91 Å². The van der Waals surface area contributed by atoms with E-state index in [1.54, 1.807) is 0 Å². The number of rotatable bonds is 7. The van der Waals surface area contributed by atoms with Crippen LogP contribution in [0.5, 0.6) is 0 Å². The van der Waals surface area contributed by atoms with Crippen molar-refractivity contribution >= 4 is 27.5 Å². The third-order valence-electron chi connectivity index (χ3n) is 5.70. The average molecular weight is 449 g/mol.